The molecule has 8 heteroatoms. The van der Waals surface area contributed by atoms with Crippen molar-refractivity contribution in [3.8, 4) is 11.4 Å². The summed E-state index contributed by atoms with van der Waals surface area (Å²) < 4.78 is 48.6. The van der Waals surface area contributed by atoms with Crippen molar-refractivity contribution in [3.05, 3.63) is 89.2 Å². The van der Waals surface area contributed by atoms with Gasteiger partial charge < -0.3 is 9.84 Å². The van der Waals surface area contributed by atoms with Crippen molar-refractivity contribution in [2.45, 2.75) is 32.5 Å². The van der Waals surface area contributed by atoms with Crippen LogP contribution in [0.3, 0.4) is 0 Å². The molecule has 0 unspecified atom stereocenters. The zero-order valence-electron chi connectivity index (χ0n) is 17.9. The Morgan fingerprint density at radius 2 is 1.79 bits per heavy atom. The van der Waals surface area contributed by atoms with Gasteiger partial charge in [-0.1, -0.05) is 50.2 Å². The van der Waals surface area contributed by atoms with E-state index in [0.717, 1.165) is 21.8 Å². The molecule has 0 saturated heterocycles. The molecule has 4 aromatic rings. The molecule has 0 fully saturated rings. The van der Waals surface area contributed by atoms with Gasteiger partial charge in [-0.25, -0.2) is 9.78 Å². The molecule has 3 aromatic carbocycles. The number of aromatic nitrogens is 2. The molecule has 0 bridgehead atoms. The highest BCUT2D eigenvalue weighted by molar-refractivity contribution is 5.93. The van der Waals surface area contributed by atoms with Crippen LogP contribution < -0.4 is 4.74 Å². The fraction of sp³-hybridized carbons (Fsp3) is 0.200. The Bertz CT molecular complexity index is 1310. The summed E-state index contributed by atoms with van der Waals surface area (Å²) >= 11 is 0. The number of carbonyl (C=O) groups is 1. The van der Waals surface area contributed by atoms with Gasteiger partial charge in [0.1, 0.15) is 12.4 Å². The number of halogens is 3. The zero-order valence-corrected chi connectivity index (χ0v) is 17.9. The van der Waals surface area contributed by atoms with Crippen LogP contribution in [0.2, 0.25) is 0 Å². The van der Waals surface area contributed by atoms with Crippen molar-refractivity contribution in [2.24, 2.45) is 0 Å². The van der Waals surface area contributed by atoms with Crippen LogP contribution in [-0.2, 0) is 12.8 Å². The van der Waals surface area contributed by atoms with E-state index in [2.05, 4.69) is 4.98 Å². The molecule has 0 saturated carbocycles. The second-order valence-electron chi connectivity index (χ2n) is 7.93. The van der Waals surface area contributed by atoms with Gasteiger partial charge in [-0.05, 0) is 41.3 Å². The highest BCUT2D eigenvalue weighted by Crippen LogP contribution is 2.36. The number of carboxylic acid groups (broad SMARTS) is 1. The Kier molecular flexibility index (Phi) is 5.84. The van der Waals surface area contributed by atoms with Gasteiger partial charge in [0, 0.05) is 6.07 Å². The molecule has 0 amide bonds. The minimum Gasteiger partial charge on any atom is -0.489 e. The first kappa shape index (κ1) is 22.4. The van der Waals surface area contributed by atoms with Crippen molar-refractivity contribution in [1.82, 2.24) is 9.55 Å². The van der Waals surface area contributed by atoms with Crippen molar-refractivity contribution >= 4 is 17.0 Å². The standard InChI is InChI=1S/C25H21F3N2O3/c1-15(2)19-10-9-18(13-22(19)33-14-16-6-4-3-5-7-16)30-21-11-8-17(23(31)32)12-20(21)29-24(30)25(26,27)28/h3-13,15H,14H2,1-2H3,(H,31,32). The van der Waals surface area contributed by atoms with E-state index in [1.165, 1.54) is 12.1 Å². The first-order valence-corrected chi connectivity index (χ1v) is 10.3. The second kappa shape index (κ2) is 8.61. The van der Waals surface area contributed by atoms with Crippen LogP contribution in [0.25, 0.3) is 16.7 Å². The van der Waals surface area contributed by atoms with Gasteiger partial charge in [0.2, 0.25) is 5.82 Å². The molecule has 0 atom stereocenters. The molecule has 5 nitrogen and oxygen atoms in total. The van der Waals surface area contributed by atoms with Crippen LogP contribution >= 0.6 is 0 Å². The molecule has 33 heavy (non-hydrogen) atoms. The highest BCUT2D eigenvalue weighted by Gasteiger charge is 2.38. The predicted octanol–water partition coefficient (Wildman–Crippen LogP) is 6.44. The lowest BCUT2D eigenvalue weighted by Gasteiger charge is -2.18. The average Bonchev–Trinajstić information content (AvgIpc) is 3.17. The van der Waals surface area contributed by atoms with Crippen molar-refractivity contribution in [1.29, 1.82) is 0 Å². The van der Waals surface area contributed by atoms with E-state index in [0.29, 0.717) is 5.75 Å². The van der Waals surface area contributed by atoms with Gasteiger partial charge in [-0.2, -0.15) is 13.2 Å². The maximum absolute atomic E-state index is 13.9. The number of nitrogens with zero attached hydrogens (tertiary/aromatic N) is 2. The first-order chi connectivity index (χ1) is 15.6. The van der Waals surface area contributed by atoms with Crippen LogP contribution in [-0.4, -0.2) is 20.6 Å². The van der Waals surface area contributed by atoms with E-state index in [1.807, 2.05) is 44.2 Å². The van der Waals surface area contributed by atoms with Gasteiger partial charge in [-0.3, -0.25) is 4.57 Å². The minimum atomic E-state index is -4.75. The topological polar surface area (TPSA) is 64.4 Å². The number of hydrogen-bond donors (Lipinski definition) is 1. The molecule has 0 aliphatic rings. The van der Waals surface area contributed by atoms with Gasteiger partial charge in [0.05, 0.1) is 22.3 Å². The summed E-state index contributed by atoms with van der Waals surface area (Å²) in [4.78, 5) is 15.0. The molecule has 4 rings (SSSR count). The third-order valence-electron chi connectivity index (χ3n) is 5.27. The molecule has 1 heterocycles. The molecule has 0 spiro atoms. The van der Waals surface area contributed by atoms with Crippen LogP contribution in [0.4, 0.5) is 13.2 Å². The Morgan fingerprint density at radius 1 is 1.06 bits per heavy atom. The normalized spacial score (nSPS) is 11.8. The summed E-state index contributed by atoms with van der Waals surface area (Å²) in [5, 5.41) is 9.20. The maximum Gasteiger partial charge on any atom is 0.450 e. The summed E-state index contributed by atoms with van der Waals surface area (Å²) in [6, 6.07) is 18.1. The van der Waals surface area contributed by atoms with Gasteiger partial charge in [0.25, 0.3) is 0 Å². The number of carboxylic acids is 1. The number of benzene rings is 3. The fourth-order valence-electron chi connectivity index (χ4n) is 3.66. The zero-order chi connectivity index (χ0) is 23.8. The molecule has 0 radical (unpaired) electrons. The van der Waals surface area contributed by atoms with Gasteiger partial charge in [0.15, 0.2) is 0 Å². The van der Waals surface area contributed by atoms with Crippen molar-refractivity contribution < 1.29 is 27.8 Å². The summed E-state index contributed by atoms with van der Waals surface area (Å²) in [5.74, 6) is -1.81. The molecular formula is C25H21F3N2O3. The number of aromatic carboxylic acids is 1. The highest BCUT2D eigenvalue weighted by atomic mass is 19.4. The molecule has 1 aromatic heterocycles. The predicted molar refractivity (Wildman–Crippen MR) is 118 cm³/mol. The number of hydrogen-bond acceptors (Lipinski definition) is 3. The van der Waals surface area contributed by atoms with E-state index in [4.69, 9.17) is 4.74 Å². The van der Waals surface area contributed by atoms with Crippen molar-refractivity contribution in [3.63, 3.8) is 0 Å². The monoisotopic (exact) mass is 454 g/mol. The van der Waals surface area contributed by atoms with Crippen LogP contribution in [0.5, 0.6) is 5.75 Å². The lowest BCUT2D eigenvalue weighted by Crippen LogP contribution is -2.14. The van der Waals surface area contributed by atoms with Crippen LogP contribution in [0.1, 0.15) is 47.1 Å². The lowest BCUT2D eigenvalue weighted by molar-refractivity contribution is -0.145. The molecule has 170 valence electrons. The quantitative estimate of drug-likeness (QED) is 0.364. The second-order valence-corrected chi connectivity index (χ2v) is 7.93. The SMILES string of the molecule is CC(C)c1ccc(-n2c(C(F)(F)F)nc3cc(C(=O)O)ccc32)cc1OCc1ccccc1. The van der Waals surface area contributed by atoms with Crippen LogP contribution in [0, 0.1) is 0 Å². The largest absolute Gasteiger partial charge is 0.489 e. The molecule has 0 aliphatic carbocycles. The summed E-state index contributed by atoms with van der Waals surface area (Å²) in [7, 11) is 0. The Hall–Kier alpha value is -3.81. The molecular weight excluding hydrogens is 433 g/mol. The maximum atomic E-state index is 13.9. The van der Waals surface area contributed by atoms with Crippen LogP contribution in [0.15, 0.2) is 66.7 Å². The molecule has 1 N–H and O–H groups in total. The van der Waals surface area contributed by atoms with Gasteiger partial charge in [-0.15, -0.1) is 0 Å². The minimum absolute atomic E-state index is 0.0538. The lowest BCUT2D eigenvalue weighted by atomic mass is 10.0. The summed E-state index contributed by atoms with van der Waals surface area (Å²) in [6.07, 6.45) is -4.75. The third-order valence-corrected chi connectivity index (χ3v) is 5.27. The van der Waals surface area contributed by atoms with E-state index in [-0.39, 0.29) is 34.8 Å². The summed E-state index contributed by atoms with van der Waals surface area (Å²) in [6.45, 7) is 4.22. The number of alkyl halides is 3. The number of rotatable bonds is 6. The summed E-state index contributed by atoms with van der Waals surface area (Å²) in [5.41, 5.74) is 1.98. The average molecular weight is 454 g/mol. The van der Waals surface area contributed by atoms with E-state index in [1.54, 1.807) is 18.2 Å². The Balaban J connectivity index is 1.85. The first-order valence-electron chi connectivity index (χ1n) is 10.3. The smallest absolute Gasteiger partial charge is 0.450 e. The third kappa shape index (κ3) is 4.55. The van der Waals surface area contributed by atoms with E-state index >= 15 is 0 Å². The van der Waals surface area contributed by atoms with E-state index in [9.17, 15) is 23.1 Å². The fourth-order valence-corrected chi connectivity index (χ4v) is 3.66. The van der Waals surface area contributed by atoms with Gasteiger partial charge >= 0.3 is 12.1 Å². The number of fused-ring (bicyclic) bond motifs is 1. The number of ether oxygens (including phenoxy) is 1. The van der Waals surface area contributed by atoms with E-state index < -0.39 is 18.0 Å². The molecule has 0 aliphatic heterocycles. The Labute approximate surface area is 188 Å². The number of imidazole rings is 1. The Morgan fingerprint density at radius 3 is 2.42 bits per heavy atom. The van der Waals surface area contributed by atoms with Crippen molar-refractivity contribution in [2.75, 3.05) is 0 Å².